The Bertz CT molecular complexity index is 937. The summed E-state index contributed by atoms with van der Waals surface area (Å²) in [4.78, 5) is 12.5. The van der Waals surface area contributed by atoms with Crippen molar-refractivity contribution in [3.63, 3.8) is 0 Å². The third-order valence-electron chi connectivity index (χ3n) is 4.22. The van der Waals surface area contributed by atoms with E-state index in [1.54, 1.807) is 0 Å². The molecular weight excluding hydrogens is 358 g/mol. The van der Waals surface area contributed by atoms with Gasteiger partial charge in [0.1, 0.15) is 0 Å². The summed E-state index contributed by atoms with van der Waals surface area (Å²) in [5, 5.41) is 11.8. The maximum atomic E-state index is 12.5. The van der Waals surface area contributed by atoms with Gasteiger partial charge in [-0.1, -0.05) is 74.1 Å². The number of aromatic nitrogens is 3. The molecule has 3 rings (SSSR count). The number of para-hydroxylation sites is 1. The molecular formula is C20H23N5OS. The summed E-state index contributed by atoms with van der Waals surface area (Å²) in [5.74, 6) is 7.11. The molecule has 140 valence electrons. The molecule has 0 saturated carbocycles. The van der Waals surface area contributed by atoms with Crippen molar-refractivity contribution in [1.82, 2.24) is 14.9 Å². The number of hydrogen-bond donors (Lipinski definition) is 2. The molecule has 0 aliphatic carbocycles. The Hall–Kier alpha value is -2.80. The zero-order valence-corrected chi connectivity index (χ0v) is 16.5. The van der Waals surface area contributed by atoms with Crippen LogP contribution in [0.3, 0.4) is 0 Å². The molecule has 0 bridgehead atoms. The fraction of sp³-hybridized carbons (Fsp3) is 0.250. The van der Waals surface area contributed by atoms with Gasteiger partial charge in [0.05, 0.1) is 5.75 Å². The normalized spacial score (nSPS) is 11.0. The van der Waals surface area contributed by atoms with Crippen LogP contribution in [0.5, 0.6) is 0 Å². The number of hydrogen-bond acceptors (Lipinski definition) is 5. The van der Waals surface area contributed by atoms with Crippen LogP contribution in [0.15, 0.2) is 53.7 Å². The van der Waals surface area contributed by atoms with Crippen LogP contribution in [0.4, 0.5) is 5.69 Å². The number of nitrogens with one attached hydrogen (secondary N) is 1. The first kappa shape index (κ1) is 19.0. The first-order valence-corrected chi connectivity index (χ1v) is 9.74. The molecule has 1 aromatic heterocycles. The maximum absolute atomic E-state index is 12.5. The van der Waals surface area contributed by atoms with Crippen LogP contribution in [-0.2, 0) is 4.79 Å². The van der Waals surface area contributed by atoms with E-state index in [1.807, 2.05) is 55.5 Å². The Morgan fingerprint density at radius 2 is 1.89 bits per heavy atom. The van der Waals surface area contributed by atoms with Gasteiger partial charge in [-0.25, -0.2) is 4.68 Å². The minimum Gasteiger partial charge on any atom is -0.335 e. The molecule has 1 heterocycles. The number of nitrogen functional groups attached to an aromatic ring is 1. The topological polar surface area (TPSA) is 85.8 Å². The minimum absolute atomic E-state index is 0.0968. The highest BCUT2D eigenvalue weighted by molar-refractivity contribution is 7.99. The van der Waals surface area contributed by atoms with Gasteiger partial charge < -0.3 is 11.2 Å². The predicted octanol–water partition coefficient (Wildman–Crippen LogP) is 3.82. The summed E-state index contributed by atoms with van der Waals surface area (Å²) in [6.07, 6.45) is 0. The zero-order chi connectivity index (χ0) is 19.4. The molecule has 0 unspecified atom stereocenters. The van der Waals surface area contributed by atoms with Crippen molar-refractivity contribution in [3.05, 3.63) is 59.7 Å². The van der Waals surface area contributed by atoms with Gasteiger partial charge in [-0.15, -0.1) is 10.2 Å². The number of nitrogens with two attached hydrogens (primary N) is 1. The van der Waals surface area contributed by atoms with Crippen molar-refractivity contribution in [2.75, 3.05) is 16.9 Å². The number of anilines is 1. The lowest BCUT2D eigenvalue weighted by atomic mass is 9.98. The SMILES string of the molecule is Cc1cccc(C(C)C)c1NC(=O)CSc1nnc(-c2ccccc2)n1N. The number of thioether (sulfide) groups is 1. The van der Waals surface area contributed by atoms with Gasteiger partial charge >= 0.3 is 0 Å². The maximum Gasteiger partial charge on any atom is 0.234 e. The third kappa shape index (κ3) is 4.31. The molecule has 0 spiro atoms. The second-order valence-corrected chi connectivity index (χ2v) is 7.52. The summed E-state index contributed by atoms with van der Waals surface area (Å²) in [5.41, 5.74) is 3.94. The predicted molar refractivity (Wildman–Crippen MR) is 110 cm³/mol. The fourth-order valence-electron chi connectivity index (χ4n) is 2.81. The van der Waals surface area contributed by atoms with Crippen LogP contribution in [0, 0.1) is 6.92 Å². The van der Waals surface area contributed by atoms with Gasteiger partial charge in [0.2, 0.25) is 11.1 Å². The van der Waals surface area contributed by atoms with Crippen molar-refractivity contribution in [2.45, 2.75) is 31.8 Å². The van der Waals surface area contributed by atoms with Gasteiger partial charge in [0.15, 0.2) is 5.82 Å². The first-order valence-electron chi connectivity index (χ1n) is 8.75. The van der Waals surface area contributed by atoms with Gasteiger partial charge in [-0.3, -0.25) is 4.79 Å². The van der Waals surface area contributed by atoms with E-state index in [-0.39, 0.29) is 11.7 Å². The fourth-order valence-corrected chi connectivity index (χ4v) is 3.46. The number of amides is 1. The molecule has 6 nitrogen and oxygen atoms in total. The lowest BCUT2D eigenvalue weighted by molar-refractivity contribution is -0.113. The van der Waals surface area contributed by atoms with Gasteiger partial charge in [-0.05, 0) is 24.0 Å². The number of carbonyl (C=O) groups excluding carboxylic acids is 1. The van der Waals surface area contributed by atoms with Crippen LogP contribution in [0.2, 0.25) is 0 Å². The number of benzene rings is 2. The molecule has 0 saturated heterocycles. The lowest BCUT2D eigenvalue weighted by Gasteiger charge is -2.16. The van der Waals surface area contributed by atoms with Crippen LogP contribution < -0.4 is 11.2 Å². The summed E-state index contributed by atoms with van der Waals surface area (Å²) >= 11 is 1.26. The van der Waals surface area contributed by atoms with Gasteiger partial charge in [-0.2, -0.15) is 0 Å². The molecule has 27 heavy (non-hydrogen) atoms. The highest BCUT2D eigenvalue weighted by Crippen LogP contribution is 2.28. The minimum atomic E-state index is -0.0968. The number of carbonyl (C=O) groups is 1. The number of aryl methyl sites for hydroxylation is 1. The molecule has 0 radical (unpaired) electrons. The summed E-state index contributed by atoms with van der Waals surface area (Å²) in [6, 6.07) is 15.6. The molecule has 0 aliphatic heterocycles. The second kappa shape index (κ2) is 8.26. The van der Waals surface area contributed by atoms with Crippen molar-refractivity contribution in [1.29, 1.82) is 0 Å². The molecule has 0 aliphatic rings. The first-order chi connectivity index (χ1) is 13.0. The zero-order valence-electron chi connectivity index (χ0n) is 15.6. The third-order valence-corrected chi connectivity index (χ3v) is 5.16. The van der Waals surface area contributed by atoms with Crippen LogP contribution in [0.1, 0.15) is 30.9 Å². The summed E-state index contributed by atoms with van der Waals surface area (Å²) in [7, 11) is 0. The average molecular weight is 382 g/mol. The molecule has 0 fully saturated rings. The molecule has 3 N–H and O–H groups in total. The van der Waals surface area contributed by atoms with E-state index in [9.17, 15) is 4.79 Å². The standard InChI is InChI=1S/C20H23N5OS/c1-13(2)16-11-7-8-14(3)18(16)22-17(26)12-27-20-24-23-19(25(20)21)15-9-5-4-6-10-15/h4-11,13H,12,21H2,1-3H3,(H,22,26). The molecule has 0 atom stereocenters. The van der Waals surface area contributed by atoms with E-state index in [4.69, 9.17) is 5.84 Å². The van der Waals surface area contributed by atoms with E-state index in [1.165, 1.54) is 16.4 Å². The molecule has 2 aromatic carbocycles. The highest BCUT2D eigenvalue weighted by atomic mass is 32.2. The Kier molecular flexibility index (Phi) is 5.81. The lowest BCUT2D eigenvalue weighted by Crippen LogP contribution is -2.18. The smallest absolute Gasteiger partial charge is 0.234 e. The van der Waals surface area contributed by atoms with E-state index < -0.39 is 0 Å². The van der Waals surface area contributed by atoms with Crippen LogP contribution in [-0.4, -0.2) is 26.5 Å². The van der Waals surface area contributed by atoms with Crippen molar-refractivity contribution < 1.29 is 4.79 Å². The average Bonchev–Trinajstić information content (AvgIpc) is 3.02. The largest absolute Gasteiger partial charge is 0.335 e. The number of rotatable bonds is 6. The van der Waals surface area contributed by atoms with E-state index in [2.05, 4.69) is 29.4 Å². The van der Waals surface area contributed by atoms with Crippen molar-refractivity contribution in [3.8, 4) is 11.4 Å². The molecule has 1 amide bonds. The molecule has 7 heteroatoms. The Labute approximate surface area is 163 Å². The van der Waals surface area contributed by atoms with E-state index in [0.29, 0.717) is 16.9 Å². The highest BCUT2D eigenvalue weighted by Gasteiger charge is 2.15. The Balaban J connectivity index is 1.68. The Morgan fingerprint density at radius 1 is 1.15 bits per heavy atom. The Morgan fingerprint density at radius 3 is 2.59 bits per heavy atom. The monoisotopic (exact) mass is 381 g/mol. The van der Waals surface area contributed by atoms with Gasteiger partial charge in [0.25, 0.3) is 0 Å². The number of nitrogens with zero attached hydrogens (tertiary/aromatic N) is 3. The van der Waals surface area contributed by atoms with Gasteiger partial charge in [0, 0.05) is 11.3 Å². The van der Waals surface area contributed by atoms with Crippen LogP contribution in [0.25, 0.3) is 11.4 Å². The van der Waals surface area contributed by atoms with Crippen molar-refractivity contribution in [2.24, 2.45) is 0 Å². The van der Waals surface area contributed by atoms with E-state index in [0.717, 1.165) is 22.4 Å². The summed E-state index contributed by atoms with van der Waals surface area (Å²) in [6.45, 7) is 6.22. The van der Waals surface area contributed by atoms with E-state index >= 15 is 0 Å². The second-order valence-electron chi connectivity index (χ2n) is 6.57. The quantitative estimate of drug-likeness (QED) is 0.501. The van der Waals surface area contributed by atoms with Crippen LogP contribution >= 0.6 is 11.8 Å². The van der Waals surface area contributed by atoms with Crippen molar-refractivity contribution >= 4 is 23.4 Å². The summed E-state index contributed by atoms with van der Waals surface area (Å²) < 4.78 is 1.42. The molecule has 3 aromatic rings.